The second-order valence-electron chi connectivity index (χ2n) is 5.01. The number of hydrogen-bond acceptors (Lipinski definition) is 3. The Morgan fingerprint density at radius 1 is 1.52 bits per heavy atom. The molecule has 1 fully saturated rings. The number of rotatable bonds is 3. The summed E-state index contributed by atoms with van der Waals surface area (Å²) < 4.78 is 5.94. The fraction of sp³-hybridized carbons (Fsp3) is 0.385. The standard InChI is InChI=1S/C13H14BrClN2O4/c1-13(11(18)19)6-21-5-10(13)17-12(20)16-9-4-7(14)2-3-8(9)15/h2-4,10H,5-6H2,1H3,(H,18,19)(H2,16,17,20). The Morgan fingerprint density at radius 2 is 2.24 bits per heavy atom. The number of aliphatic carboxylic acids is 1. The van der Waals surface area contributed by atoms with Crippen molar-refractivity contribution in [3.63, 3.8) is 0 Å². The van der Waals surface area contributed by atoms with Crippen LogP contribution in [0.2, 0.25) is 5.02 Å². The number of urea groups is 1. The first-order chi connectivity index (χ1) is 9.83. The zero-order chi connectivity index (χ0) is 15.6. The van der Waals surface area contributed by atoms with E-state index in [2.05, 4.69) is 26.6 Å². The lowest BCUT2D eigenvalue weighted by Crippen LogP contribution is -2.50. The van der Waals surface area contributed by atoms with Crippen molar-refractivity contribution in [2.75, 3.05) is 18.5 Å². The molecule has 3 N–H and O–H groups in total. The number of carbonyl (C=O) groups excluding carboxylic acids is 1. The van der Waals surface area contributed by atoms with Crippen LogP contribution in [0.15, 0.2) is 22.7 Å². The summed E-state index contributed by atoms with van der Waals surface area (Å²) >= 11 is 9.26. The lowest BCUT2D eigenvalue weighted by atomic mass is 9.85. The van der Waals surface area contributed by atoms with Gasteiger partial charge >= 0.3 is 12.0 Å². The molecule has 1 aromatic rings. The molecule has 2 rings (SSSR count). The van der Waals surface area contributed by atoms with Crippen LogP contribution in [0.25, 0.3) is 0 Å². The molecule has 21 heavy (non-hydrogen) atoms. The summed E-state index contributed by atoms with van der Waals surface area (Å²) in [6, 6.07) is 3.90. The van der Waals surface area contributed by atoms with E-state index in [0.29, 0.717) is 10.7 Å². The summed E-state index contributed by atoms with van der Waals surface area (Å²) in [4.78, 5) is 23.3. The van der Waals surface area contributed by atoms with E-state index in [-0.39, 0.29) is 13.2 Å². The molecule has 1 aliphatic heterocycles. The number of hydrogen-bond donors (Lipinski definition) is 3. The van der Waals surface area contributed by atoms with Crippen molar-refractivity contribution in [2.24, 2.45) is 5.41 Å². The van der Waals surface area contributed by atoms with E-state index < -0.39 is 23.5 Å². The highest BCUT2D eigenvalue weighted by Gasteiger charge is 2.47. The summed E-state index contributed by atoms with van der Waals surface area (Å²) in [6.45, 7) is 1.76. The van der Waals surface area contributed by atoms with Crippen molar-refractivity contribution in [2.45, 2.75) is 13.0 Å². The number of ether oxygens (including phenoxy) is 1. The van der Waals surface area contributed by atoms with E-state index in [1.165, 1.54) is 0 Å². The number of anilines is 1. The fourth-order valence-corrected chi connectivity index (χ4v) is 2.52. The third kappa shape index (κ3) is 3.48. The molecule has 1 aliphatic rings. The average Bonchev–Trinajstić information content (AvgIpc) is 2.77. The van der Waals surface area contributed by atoms with Crippen molar-refractivity contribution in [1.82, 2.24) is 5.32 Å². The topological polar surface area (TPSA) is 87.7 Å². The summed E-state index contributed by atoms with van der Waals surface area (Å²) in [6.07, 6.45) is 0. The third-order valence-electron chi connectivity index (χ3n) is 3.43. The molecule has 114 valence electrons. The first-order valence-electron chi connectivity index (χ1n) is 6.16. The minimum absolute atomic E-state index is 0.0604. The van der Waals surface area contributed by atoms with Gasteiger partial charge in [-0.05, 0) is 25.1 Å². The predicted molar refractivity (Wildman–Crippen MR) is 81.7 cm³/mol. The summed E-state index contributed by atoms with van der Waals surface area (Å²) in [5.41, 5.74) is -0.710. The lowest BCUT2D eigenvalue weighted by Gasteiger charge is -2.25. The van der Waals surface area contributed by atoms with Crippen LogP contribution in [0.5, 0.6) is 0 Å². The quantitative estimate of drug-likeness (QED) is 0.756. The average molecular weight is 378 g/mol. The van der Waals surface area contributed by atoms with Gasteiger partial charge in [-0.2, -0.15) is 0 Å². The number of nitrogens with one attached hydrogen (secondary N) is 2. The molecule has 8 heteroatoms. The number of carboxylic acids is 1. The monoisotopic (exact) mass is 376 g/mol. The van der Waals surface area contributed by atoms with Crippen LogP contribution in [-0.2, 0) is 9.53 Å². The Kier molecular flexibility index (Phi) is 4.75. The molecule has 1 saturated heterocycles. The maximum absolute atomic E-state index is 12.0. The van der Waals surface area contributed by atoms with Gasteiger partial charge < -0.3 is 20.5 Å². The van der Waals surface area contributed by atoms with Gasteiger partial charge in [0.25, 0.3) is 0 Å². The molecule has 2 unspecified atom stereocenters. The Balaban J connectivity index is 2.05. The number of halogens is 2. The van der Waals surface area contributed by atoms with Gasteiger partial charge in [-0.25, -0.2) is 4.79 Å². The first kappa shape index (κ1) is 16.1. The number of carbonyl (C=O) groups is 2. The van der Waals surface area contributed by atoms with Crippen LogP contribution in [0, 0.1) is 5.41 Å². The minimum atomic E-state index is -1.14. The van der Waals surface area contributed by atoms with Crippen LogP contribution in [0.1, 0.15) is 6.92 Å². The fourth-order valence-electron chi connectivity index (χ4n) is 1.99. The number of amides is 2. The van der Waals surface area contributed by atoms with Gasteiger partial charge in [0.05, 0.1) is 30.0 Å². The zero-order valence-corrected chi connectivity index (χ0v) is 13.5. The van der Waals surface area contributed by atoms with Gasteiger partial charge in [0.1, 0.15) is 5.41 Å². The highest BCUT2D eigenvalue weighted by Crippen LogP contribution is 2.29. The van der Waals surface area contributed by atoms with Crippen molar-refractivity contribution in [3.05, 3.63) is 27.7 Å². The SMILES string of the molecule is CC1(C(=O)O)COCC1NC(=O)Nc1cc(Br)ccc1Cl. The molecule has 0 bridgehead atoms. The molecule has 0 aromatic heterocycles. The van der Waals surface area contributed by atoms with E-state index in [1.54, 1.807) is 25.1 Å². The normalized spacial score (nSPS) is 24.6. The van der Waals surface area contributed by atoms with Crippen molar-refractivity contribution in [1.29, 1.82) is 0 Å². The van der Waals surface area contributed by atoms with Gasteiger partial charge in [-0.1, -0.05) is 27.5 Å². The maximum Gasteiger partial charge on any atom is 0.319 e. The molecule has 6 nitrogen and oxygen atoms in total. The van der Waals surface area contributed by atoms with E-state index in [1.807, 2.05) is 0 Å². The Bertz CT molecular complexity index is 583. The van der Waals surface area contributed by atoms with Gasteiger partial charge in [-0.15, -0.1) is 0 Å². The van der Waals surface area contributed by atoms with Crippen LogP contribution < -0.4 is 10.6 Å². The molecule has 0 aliphatic carbocycles. The molecule has 1 heterocycles. The molecule has 2 amide bonds. The van der Waals surface area contributed by atoms with E-state index in [4.69, 9.17) is 16.3 Å². The molecule has 0 spiro atoms. The van der Waals surface area contributed by atoms with E-state index >= 15 is 0 Å². The highest BCUT2D eigenvalue weighted by atomic mass is 79.9. The molecular weight excluding hydrogens is 364 g/mol. The van der Waals surface area contributed by atoms with Gasteiger partial charge in [0.2, 0.25) is 0 Å². The smallest absolute Gasteiger partial charge is 0.319 e. The first-order valence-corrected chi connectivity index (χ1v) is 7.34. The predicted octanol–water partition coefficient (Wildman–Crippen LogP) is 2.71. The summed E-state index contributed by atoms with van der Waals surface area (Å²) in [7, 11) is 0. The van der Waals surface area contributed by atoms with Gasteiger partial charge in [-0.3, -0.25) is 4.79 Å². The largest absolute Gasteiger partial charge is 0.481 e. The van der Waals surface area contributed by atoms with Crippen LogP contribution in [0.3, 0.4) is 0 Å². The Labute approximate surface area is 134 Å². The van der Waals surface area contributed by atoms with E-state index in [9.17, 15) is 14.7 Å². The minimum Gasteiger partial charge on any atom is -0.481 e. The zero-order valence-electron chi connectivity index (χ0n) is 11.2. The van der Waals surface area contributed by atoms with Gasteiger partial charge in [0, 0.05) is 4.47 Å². The molecular formula is C13H14BrClN2O4. The number of carboxylic acid groups (broad SMARTS) is 1. The highest BCUT2D eigenvalue weighted by molar-refractivity contribution is 9.10. The van der Waals surface area contributed by atoms with Crippen molar-refractivity contribution < 1.29 is 19.4 Å². The molecule has 1 aromatic carbocycles. The van der Waals surface area contributed by atoms with Crippen molar-refractivity contribution in [3.8, 4) is 0 Å². The Hall–Kier alpha value is -1.31. The maximum atomic E-state index is 12.0. The lowest BCUT2D eigenvalue weighted by molar-refractivity contribution is -0.148. The van der Waals surface area contributed by atoms with Crippen molar-refractivity contribution >= 4 is 45.2 Å². The summed E-state index contributed by atoms with van der Waals surface area (Å²) in [5, 5.41) is 14.8. The number of benzene rings is 1. The Morgan fingerprint density at radius 3 is 2.90 bits per heavy atom. The van der Waals surface area contributed by atoms with Crippen LogP contribution in [0.4, 0.5) is 10.5 Å². The van der Waals surface area contributed by atoms with Crippen LogP contribution >= 0.6 is 27.5 Å². The molecule has 2 atom stereocenters. The second-order valence-corrected chi connectivity index (χ2v) is 6.34. The third-order valence-corrected chi connectivity index (χ3v) is 4.25. The summed E-state index contributed by atoms with van der Waals surface area (Å²) in [5.74, 6) is -1.01. The second kappa shape index (κ2) is 6.21. The molecule has 0 radical (unpaired) electrons. The van der Waals surface area contributed by atoms with Gasteiger partial charge in [0.15, 0.2) is 0 Å². The molecule has 0 saturated carbocycles. The van der Waals surface area contributed by atoms with Crippen LogP contribution in [-0.4, -0.2) is 36.4 Å². The van der Waals surface area contributed by atoms with E-state index in [0.717, 1.165) is 4.47 Å².